The van der Waals surface area contributed by atoms with Gasteiger partial charge < -0.3 is 10.2 Å². The lowest BCUT2D eigenvalue weighted by molar-refractivity contribution is 0.101. The molecular formula is C13H12O3. The summed E-state index contributed by atoms with van der Waals surface area (Å²) in [5, 5.41) is 20.6. The lowest BCUT2D eigenvalue weighted by atomic mass is 10.0. The highest BCUT2D eigenvalue weighted by Gasteiger charge is 2.10. The number of aromatic hydroxyl groups is 2. The summed E-state index contributed by atoms with van der Waals surface area (Å²) in [6, 6.07) is 6.37. The van der Waals surface area contributed by atoms with Crippen LogP contribution in [-0.4, -0.2) is 16.0 Å². The van der Waals surface area contributed by atoms with Crippen molar-refractivity contribution in [3.8, 4) is 11.5 Å². The van der Waals surface area contributed by atoms with Gasteiger partial charge in [0.05, 0.1) is 0 Å². The van der Waals surface area contributed by atoms with Gasteiger partial charge in [-0.1, -0.05) is 6.07 Å². The van der Waals surface area contributed by atoms with E-state index >= 15 is 0 Å². The molecule has 2 N–H and O–H groups in total. The van der Waals surface area contributed by atoms with Crippen molar-refractivity contribution in [2.24, 2.45) is 0 Å². The lowest BCUT2D eigenvalue weighted by Gasteiger charge is -2.07. The highest BCUT2D eigenvalue weighted by Crippen LogP contribution is 2.35. The molecule has 0 aliphatic rings. The zero-order valence-electron chi connectivity index (χ0n) is 9.11. The SMILES string of the molecule is CC(=O)c1ccc2c(O)c(C)cc(O)c2c1. The second-order valence-corrected chi connectivity index (χ2v) is 3.88. The van der Waals surface area contributed by atoms with Crippen molar-refractivity contribution < 1.29 is 15.0 Å². The second kappa shape index (κ2) is 3.52. The fourth-order valence-corrected chi connectivity index (χ4v) is 1.75. The van der Waals surface area contributed by atoms with Crippen LogP contribution in [0.5, 0.6) is 11.5 Å². The molecule has 0 atom stereocenters. The minimum atomic E-state index is -0.0682. The Balaban J connectivity index is 2.84. The van der Waals surface area contributed by atoms with E-state index in [0.717, 1.165) is 0 Å². The van der Waals surface area contributed by atoms with Gasteiger partial charge in [0.15, 0.2) is 5.78 Å². The van der Waals surface area contributed by atoms with Crippen molar-refractivity contribution in [3.05, 3.63) is 35.4 Å². The van der Waals surface area contributed by atoms with Gasteiger partial charge in [-0.2, -0.15) is 0 Å². The van der Waals surface area contributed by atoms with Crippen molar-refractivity contribution in [1.29, 1.82) is 0 Å². The first-order valence-corrected chi connectivity index (χ1v) is 4.97. The topological polar surface area (TPSA) is 57.5 Å². The first-order chi connectivity index (χ1) is 7.50. The van der Waals surface area contributed by atoms with Crippen LogP contribution in [0.25, 0.3) is 10.8 Å². The Kier molecular flexibility index (Phi) is 2.31. The Morgan fingerprint density at radius 2 is 1.81 bits per heavy atom. The molecule has 16 heavy (non-hydrogen) atoms. The van der Waals surface area contributed by atoms with E-state index in [0.29, 0.717) is 21.9 Å². The number of rotatable bonds is 1. The number of benzene rings is 2. The maximum Gasteiger partial charge on any atom is 0.159 e. The summed E-state index contributed by atoms with van der Waals surface area (Å²) < 4.78 is 0. The van der Waals surface area contributed by atoms with Gasteiger partial charge >= 0.3 is 0 Å². The molecule has 0 fully saturated rings. The van der Waals surface area contributed by atoms with E-state index in [9.17, 15) is 15.0 Å². The van der Waals surface area contributed by atoms with Crippen LogP contribution in [0.2, 0.25) is 0 Å². The van der Waals surface area contributed by atoms with Gasteiger partial charge in [0.25, 0.3) is 0 Å². The summed E-state index contributed by atoms with van der Waals surface area (Å²) >= 11 is 0. The number of hydrogen-bond acceptors (Lipinski definition) is 3. The third kappa shape index (κ3) is 1.50. The molecule has 0 heterocycles. The molecule has 0 aliphatic heterocycles. The summed E-state index contributed by atoms with van der Waals surface area (Å²) in [7, 11) is 0. The molecule has 2 aromatic carbocycles. The van der Waals surface area contributed by atoms with Gasteiger partial charge in [0.2, 0.25) is 0 Å². The largest absolute Gasteiger partial charge is 0.507 e. The van der Waals surface area contributed by atoms with Crippen molar-refractivity contribution in [2.45, 2.75) is 13.8 Å². The molecule has 82 valence electrons. The summed E-state index contributed by atoms with van der Waals surface area (Å²) in [5.41, 5.74) is 1.13. The minimum Gasteiger partial charge on any atom is -0.507 e. The van der Waals surface area contributed by atoms with Crippen LogP contribution in [0.3, 0.4) is 0 Å². The van der Waals surface area contributed by atoms with Crippen LogP contribution in [0.4, 0.5) is 0 Å². The van der Waals surface area contributed by atoms with E-state index in [1.165, 1.54) is 13.0 Å². The van der Waals surface area contributed by atoms with Crippen molar-refractivity contribution in [3.63, 3.8) is 0 Å². The predicted octanol–water partition coefficient (Wildman–Crippen LogP) is 2.76. The fraction of sp³-hybridized carbons (Fsp3) is 0.154. The first kappa shape index (κ1) is 10.5. The third-order valence-corrected chi connectivity index (χ3v) is 2.68. The van der Waals surface area contributed by atoms with E-state index < -0.39 is 0 Å². The van der Waals surface area contributed by atoms with E-state index in [-0.39, 0.29) is 17.3 Å². The number of phenols is 2. The van der Waals surface area contributed by atoms with Crippen LogP contribution in [0, 0.1) is 6.92 Å². The normalized spacial score (nSPS) is 10.6. The molecule has 0 spiro atoms. The monoisotopic (exact) mass is 216 g/mol. The molecule has 0 radical (unpaired) electrons. The van der Waals surface area contributed by atoms with E-state index in [4.69, 9.17) is 0 Å². The smallest absolute Gasteiger partial charge is 0.159 e. The minimum absolute atomic E-state index is 0.0682. The zero-order chi connectivity index (χ0) is 11.9. The summed E-state index contributed by atoms with van der Waals surface area (Å²) in [6.45, 7) is 3.18. The quantitative estimate of drug-likeness (QED) is 0.569. The zero-order valence-corrected chi connectivity index (χ0v) is 9.11. The lowest BCUT2D eigenvalue weighted by Crippen LogP contribution is -1.91. The van der Waals surface area contributed by atoms with Crippen LogP contribution < -0.4 is 0 Å². The number of carbonyl (C=O) groups is 1. The van der Waals surface area contributed by atoms with Crippen molar-refractivity contribution in [1.82, 2.24) is 0 Å². The fourth-order valence-electron chi connectivity index (χ4n) is 1.75. The number of ketones is 1. The maximum absolute atomic E-state index is 11.2. The second-order valence-electron chi connectivity index (χ2n) is 3.88. The van der Waals surface area contributed by atoms with Gasteiger partial charge in [-0.05, 0) is 37.6 Å². The average Bonchev–Trinajstić information content (AvgIpc) is 2.25. The van der Waals surface area contributed by atoms with E-state index in [1.54, 1.807) is 25.1 Å². The van der Waals surface area contributed by atoms with Crippen molar-refractivity contribution in [2.75, 3.05) is 0 Å². The molecule has 0 bridgehead atoms. The number of aryl methyl sites for hydroxylation is 1. The van der Waals surface area contributed by atoms with E-state index in [2.05, 4.69) is 0 Å². The molecule has 2 aromatic rings. The van der Waals surface area contributed by atoms with Gasteiger partial charge in [0, 0.05) is 16.3 Å². The van der Waals surface area contributed by atoms with Gasteiger partial charge in [-0.25, -0.2) is 0 Å². The molecule has 0 aliphatic carbocycles. The van der Waals surface area contributed by atoms with Gasteiger partial charge in [-0.15, -0.1) is 0 Å². The number of fused-ring (bicyclic) bond motifs is 1. The van der Waals surface area contributed by atoms with Gasteiger partial charge in [-0.3, -0.25) is 4.79 Å². The molecule has 0 aromatic heterocycles. The number of Topliss-reactive ketones (excluding diaryl/α,β-unsaturated/α-hetero) is 1. The van der Waals surface area contributed by atoms with Crippen LogP contribution >= 0.6 is 0 Å². The molecule has 0 saturated carbocycles. The average molecular weight is 216 g/mol. The first-order valence-electron chi connectivity index (χ1n) is 4.97. The highest BCUT2D eigenvalue weighted by molar-refractivity contribution is 6.01. The standard InChI is InChI=1S/C13H12O3/c1-7-5-12(15)11-6-9(8(2)14)3-4-10(11)13(7)16/h3-6,15-16H,1-2H3. The third-order valence-electron chi connectivity index (χ3n) is 2.68. The Hall–Kier alpha value is -2.03. The number of phenolic OH excluding ortho intramolecular Hbond substituents is 2. The Labute approximate surface area is 93.0 Å². The van der Waals surface area contributed by atoms with Crippen molar-refractivity contribution >= 4 is 16.6 Å². The van der Waals surface area contributed by atoms with Crippen LogP contribution in [-0.2, 0) is 0 Å². The molecular weight excluding hydrogens is 204 g/mol. The van der Waals surface area contributed by atoms with Crippen LogP contribution in [0.15, 0.2) is 24.3 Å². The Morgan fingerprint density at radius 1 is 1.12 bits per heavy atom. The molecule has 3 nitrogen and oxygen atoms in total. The Bertz CT molecular complexity index is 585. The number of carbonyl (C=O) groups excluding carboxylic acids is 1. The van der Waals surface area contributed by atoms with E-state index in [1.807, 2.05) is 0 Å². The Morgan fingerprint density at radius 3 is 2.44 bits per heavy atom. The summed E-state index contributed by atoms with van der Waals surface area (Å²) in [4.78, 5) is 11.2. The molecule has 0 saturated heterocycles. The summed E-state index contributed by atoms with van der Waals surface area (Å²) in [5.74, 6) is 0.151. The molecule has 0 unspecified atom stereocenters. The predicted molar refractivity (Wildman–Crippen MR) is 62.0 cm³/mol. The molecule has 0 amide bonds. The maximum atomic E-state index is 11.2. The summed E-state index contributed by atoms with van der Waals surface area (Å²) in [6.07, 6.45) is 0. The molecule has 2 rings (SSSR count). The molecule has 3 heteroatoms. The highest BCUT2D eigenvalue weighted by atomic mass is 16.3. The number of hydrogen-bond donors (Lipinski definition) is 2. The van der Waals surface area contributed by atoms with Gasteiger partial charge in [0.1, 0.15) is 11.5 Å². The van der Waals surface area contributed by atoms with Crippen LogP contribution in [0.1, 0.15) is 22.8 Å².